The number of benzene rings is 1. The van der Waals surface area contributed by atoms with E-state index in [1.54, 1.807) is 24.3 Å². The Morgan fingerprint density at radius 3 is 2.42 bits per heavy atom. The number of carbonyl (C=O) groups is 2. The topological polar surface area (TPSA) is 83.1 Å². The van der Waals surface area contributed by atoms with Crippen LogP contribution in [-0.2, 0) is 6.42 Å². The predicted octanol–water partition coefficient (Wildman–Crippen LogP) is 2.13. The van der Waals surface area contributed by atoms with Gasteiger partial charge in [0.05, 0.1) is 22.8 Å². The van der Waals surface area contributed by atoms with E-state index in [0.717, 1.165) is 10.4 Å². The van der Waals surface area contributed by atoms with E-state index in [9.17, 15) is 14.4 Å². The molecule has 1 aliphatic heterocycles. The number of aryl methyl sites for hydroxylation is 1. The fourth-order valence-electron chi connectivity index (χ4n) is 3.02. The summed E-state index contributed by atoms with van der Waals surface area (Å²) >= 11 is 1.43. The van der Waals surface area contributed by atoms with Gasteiger partial charge in [0.15, 0.2) is 0 Å². The van der Waals surface area contributed by atoms with Crippen molar-refractivity contribution in [3.8, 4) is 0 Å². The lowest BCUT2D eigenvalue weighted by molar-refractivity contribution is 0.0656. The summed E-state index contributed by atoms with van der Waals surface area (Å²) in [6, 6.07) is 6.84. The van der Waals surface area contributed by atoms with E-state index in [4.69, 9.17) is 0 Å². The van der Waals surface area contributed by atoms with E-state index in [1.807, 2.05) is 6.92 Å². The largest absolute Gasteiger partial charge is 0.313 e. The van der Waals surface area contributed by atoms with Crippen LogP contribution < -0.4 is 5.56 Å². The molecule has 0 atom stereocenters. The highest BCUT2D eigenvalue weighted by Gasteiger charge is 2.34. The first-order valence-corrected chi connectivity index (χ1v) is 8.30. The number of hydrogen-bond acceptors (Lipinski definition) is 5. The molecule has 1 N–H and O–H groups in total. The Hall–Kier alpha value is -2.80. The van der Waals surface area contributed by atoms with Gasteiger partial charge in [0, 0.05) is 17.8 Å². The number of imide groups is 1. The standard InChI is InChI=1S/C17H13N3O3S/c1-9-12(24-15-13(9)14(21)18-8-19-15)6-7-20-16(22)10-4-2-3-5-11(10)17(20)23/h2-5,8H,6-7H2,1H3,(H,18,19,21). The number of rotatable bonds is 3. The molecular formula is C17H13N3O3S. The number of H-pyrrole nitrogens is 1. The molecule has 24 heavy (non-hydrogen) atoms. The third-order valence-electron chi connectivity index (χ3n) is 4.27. The smallest absolute Gasteiger partial charge is 0.261 e. The van der Waals surface area contributed by atoms with Crippen LogP contribution in [0.2, 0.25) is 0 Å². The van der Waals surface area contributed by atoms with Crippen molar-refractivity contribution >= 4 is 33.4 Å². The van der Waals surface area contributed by atoms with Crippen LogP contribution in [0.4, 0.5) is 0 Å². The molecule has 0 bridgehead atoms. The molecule has 0 aliphatic carbocycles. The number of nitrogens with zero attached hydrogens (tertiary/aromatic N) is 2. The molecular weight excluding hydrogens is 326 g/mol. The van der Waals surface area contributed by atoms with Crippen molar-refractivity contribution in [3.63, 3.8) is 0 Å². The summed E-state index contributed by atoms with van der Waals surface area (Å²) in [6.45, 7) is 2.16. The van der Waals surface area contributed by atoms with Crippen molar-refractivity contribution in [2.24, 2.45) is 0 Å². The van der Waals surface area contributed by atoms with Crippen molar-refractivity contribution in [2.45, 2.75) is 13.3 Å². The summed E-state index contributed by atoms with van der Waals surface area (Å²) in [5.41, 5.74) is 1.60. The average Bonchev–Trinajstić information content (AvgIpc) is 3.03. The van der Waals surface area contributed by atoms with Gasteiger partial charge < -0.3 is 4.98 Å². The Morgan fingerprint density at radius 2 is 1.79 bits per heavy atom. The van der Waals surface area contributed by atoms with Crippen LogP contribution >= 0.6 is 11.3 Å². The number of aromatic nitrogens is 2. The maximum Gasteiger partial charge on any atom is 0.261 e. The minimum Gasteiger partial charge on any atom is -0.313 e. The molecule has 2 amide bonds. The van der Waals surface area contributed by atoms with Crippen molar-refractivity contribution in [1.82, 2.24) is 14.9 Å². The quantitative estimate of drug-likeness (QED) is 0.741. The molecule has 4 rings (SSSR count). The Bertz CT molecular complexity index is 1020. The van der Waals surface area contributed by atoms with Gasteiger partial charge in [-0.25, -0.2) is 4.98 Å². The SMILES string of the molecule is Cc1c(CCN2C(=O)c3ccccc3C2=O)sc2nc[nH]c(=O)c12. The van der Waals surface area contributed by atoms with E-state index in [2.05, 4.69) is 9.97 Å². The zero-order valence-corrected chi connectivity index (χ0v) is 13.6. The monoisotopic (exact) mass is 339 g/mol. The van der Waals surface area contributed by atoms with Gasteiger partial charge in [0.25, 0.3) is 17.4 Å². The lowest BCUT2D eigenvalue weighted by Crippen LogP contribution is -2.31. The first kappa shape index (κ1) is 14.8. The van der Waals surface area contributed by atoms with E-state index in [1.165, 1.54) is 22.6 Å². The van der Waals surface area contributed by atoms with Gasteiger partial charge in [0.1, 0.15) is 4.83 Å². The van der Waals surface area contributed by atoms with Crippen molar-refractivity contribution in [3.05, 3.63) is 62.5 Å². The van der Waals surface area contributed by atoms with Crippen LogP contribution in [-0.4, -0.2) is 33.2 Å². The second kappa shape index (κ2) is 5.38. The van der Waals surface area contributed by atoms with E-state index in [0.29, 0.717) is 27.8 Å². The summed E-state index contributed by atoms with van der Waals surface area (Å²) in [6.07, 6.45) is 1.90. The fourth-order valence-corrected chi connectivity index (χ4v) is 4.15. The minimum absolute atomic E-state index is 0.166. The Morgan fingerprint density at radius 1 is 1.12 bits per heavy atom. The molecule has 0 unspecified atom stereocenters. The van der Waals surface area contributed by atoms with Crippen LogP contribution in [0.25, 0.3) is 10.2 Å². The third-order valence-corrected chi connectivity index (χ3v) is 5.53. The Balaban J connectivity index is 1.62. The van der Waals surface area contributed by atoms with Gasteiger partial charge in [-0.15, -0.1) is 11.3 Å². The predicted molar refractivity (Wildman–Crippen MR) is 90.5 cm³/mol. The molecule has 3 aromatic rings. The number of aromatic amines is 1. The number of amides is 2. The second-order valence-corrected chi connectivity index (χ2v) is 6.70. The average molecular weight is 339 g/mol. The maximum atomic E-state index is 12.4. The molecule has 1 aliphatic rings. The van der Waals surface area contributed by atoms with Gasteiger partial charge in [-0.05, 0) is 24.6 Å². The van der Waals surface area contributed by atoms with E-state index < -0.39 is 0 Å². The molecule has 7 heteroatoms. The molecule has 0 saturated carbocycles. The van der Waals surface area contributed by atoms with Crippen molar-refractivity contribution < 1.29 is 9.59 Å². The first-order chi connectivity index (χ1) is 11.6. The highest BCUT2D eigenvalue weighted by molar-refractivity contribution is 7.18. The molecule has 3 heterocycles. The van der Waals surface area contributed by atoms with Gasteiger partial charge in [-0.2, -0.15) is 0 Å². The zero-order valence-electron chi connectivity index (χ0n) is 12.8. The highest BCUT2D eigenvalue weighted by atomic mass is 32.1. The molecule has 6 nitrogen and oxygen atoms in total. The normalized spacial score (nSPS) is 13.8. The lowest BCUT2D eigenvalue weighted by atomic mass is 10.1. The maximum absolute atomic E-state index is 12.4. The molecule has 1 aromatic carbocycles. The van der Waals surface area contributed by atoms with E-state index in [-0.39, 0.29) is 23.9 Å². The number of hydrogen-bond donors (Lipinski definition) is 1. The van der Waals surface area contributed by atoms with Crippen LogP contribution in [0.3, 0.4) is 0 Å². The Labute approximate surface area is 140 Å². The summed E-state index contributed by atoms with van der Waals surface area (Å²) < 4.78 is 0. The fraction of sp³-hybridized carbons (Fsp3) is 0.176. The molecule has 0 saturated heterocycles. The second-order valence-electron chi connectivity index (χ2n) is 5.62. The third kappa shape index (κ3) is 2.09. The summed E-state index contributed by atoms with van der Waals surface area (Å²) in [5, 5.41) is 0.583. The van der Waals surface area contributed by atoms with Gasteiger partial charge >= 0.3 is 0 Å². The highest BCUT2D eigenvalue weighted by Crippen LogP contribution is 2.28. The molecule has 120 valence electrons. The molecule has 2 aromatic heterocycles. The van der Waals surface area contributed by atoms with Crippen LogP contribution in [0.5, 0.6) is 0 Å². The van der Waals surface area contributed by atoms with Crippen LogP contribution in [0, 0.1) is 6.92 Å². The number of thiophene rings is 1. The van der Waals surface area contributed by atoms with Crippen molar-refractivity contribution in [2.75, 3.05) is 6.54 Å². The molecule has 0 spiro atoms. The first-order valence-electron chi connectivity index (χ1n) is 7.49. The Kier molecular flexibility index (Phi) is 3.31. The lowest BCUT2D eigenvalue weighted by Gasteiger charge is -2.13. The summed E-state index contributed by atoms with van der Waals surface area (Å²) in [7, 11) is 0. The zero-order chi connectivity index (χ0) is 16.8. The van der Waals surface area contributed by atoms with Gasteiger partial charge in [-0.3, -0.25) is 19.3 Å². The number of nitrogens with one attached hydrogen (secondary N) is 1. The van der Waals surface area contributed by atoms with Gasteiger partial charge in [0.2, 0.25) is 0 Å². The summed E-state index contributed by atoms with van der Waals surface area (Å²) in [4.78, 5) is 46.3. The van der Waals surface area contributed by atoms with Crippen LogP contribution in [0.1, 0.15) is 31.2 Å². The number of fused-ring (bicyclic) bond motifs is 2. The van der Waals surface area contributed by atoms with Crippen LogP contribution in [0.15, 0.2) is 35.4 Å². The van der Waals surface area contributed by atoms with Crippen molar-refractivity contribution in [1.29, 1.82) is 0 Å². The van der Waals surface area contributed by atoms with E-state index >= 15 is 0 Å². The number of carbonyl (C=O) groups excluding carboxylic acids is 2. The van der Waals surface area contributed by atoms with Gasteiger partial charge in [-0.1, -0.05) is 12.1 Å². The molecule has 0 radical (unpaired) electrons. The molecule has 0 fully saturated rings. The minimum atomic E-state index is -0.259. The summed E-state index contributed by atoms with van der Waals surface area (Å²) in [5.74, 6) is -0.518.